The first-order chi connectivity index (χ1) is 18.5. The maximum Gasteiger partial charge on any atom is 0.333 e. The zero-order valence-electron chi connectivity index (χ0n) is 21.8. The number of carboxylic acids is 1. The lowest BCUT2D eigenvalue weighted by Crippen LogP contribution is -2.52. The highest BCUT2D eigenvalue weighted by molar-refractivity contribution is 7.21. The number of halogens is 1. The van der Waals surface area contributed by atoms with Crippen LogP contribution in [0.1, 0.15) is 31.4 Å². The highest BCUT2D eigenvalue weighted by Crippen LogP contribution is 2.31. The Morgan fingerprint density at radius 1 is 1.31 bits per heavy atom. The van der Waals surface area contributed by atoms with Gasteiger partial charge in [-0.25, -0.2) is 23.2 Å². The highest BCUT2D eigenvalue weighted by Gasteiger charge is 2.35. The first-order valence-corrected chi connectivity index (χ1v) is 12.6. The van der Waals surface area contributed by atoms with Gasteiger partial charge in [-0.05, 0) is 57.0 Å². The molecular formula is C26H28FN5O6S. The number of carbonyl (C=O) groups is 1. The van der Waals surface area contributed by atoms with E-state index in [-0.39, 0.29) is 31.4 Å². The number of carboxylic acid groups (broad SMARTS) is 1. The Labute approximate surface area is 226 Å². The molecule has 3 aromatic heterocycles. The lowest BCUT2D eigenvalue weighted by atomic mass is 10.1. The first-order valence-electron chi connectivity index (χ1n) is 11.8. The van der Waals surface area contributed by atoms with Gasteiger partial charge in [-0.15, -0.1) is 0 Å². The van der Waals surface area contributed by atoms with Gasteiger partial charge in [0.25, 0.3) is 5.56 Å². The minimum absolute atomic E-state index is 0.0174. The van der Waals surface area contributed by atoms with Gasteiger partial charge in [0.2, 0.25) is 0 Å². The second kappa shape index (κ2) is 12.1. The fourth-order valence-corrected chi connectivity index (χ4v) is 5.21. The largest absolute Gasteiger partial charge is 0.496 e. The van der Waals surface area contributed by atoms with Gasteiger partial charge in [0.05, 0.1) is 31.6 Å². The number of benzene rings is 1. The van der Waals surface area contributed by atoms with Crippen LogP contribution in [0.4, 0.5) is 4.39 Å². The number of aliphatic hydroxyl groups excluding tert-OH is 1. The summed E-state index contributed by atoms with van der Waals surface area (Å²) < 4.78 is 22.9. The first kappa shape index (κ1) is 29.3. The number of aliphatic hydroxyl groups is 1. The molecule has 0 spiro atoms. The van der Waals surface area contributed by atoms with Crippen LogP contribution < -0.4 is 16.0 Å². The van der Waals surface area contributed by atoms with Crippen LogP contribution in [-0.2, 0) is 23.3 Å². The topological polar surface area (TPSA) is 152 Å². The van der Waals surface area contributed by atoms with Crippen LogP contribution in [0.25, 0.3) is 15.2 Å². The molecule has 206 valence electrons. The summed E-state index contributed by atoms with van der Waals surface area (Å²) in [7, 11) is 1.47. The second-order valence-corrected chi connectivity index (χ2v) is 9.92. The molecule has 0 atom stereocenters. The third-order valence-electron chi connectivity index (χ3n) is 6.05. The molecular weight excluding hydrogens is 529 g/mol. The quantitative estimate of drug-likeness (QED) is 0.335. The molecule has 13 heteroatoms. The monoisotopic (exact) mass is 557 g/mol. The predicted octanol–water partition coefficient (Wildman–Crippen LogP) is 2.82. The summed E-state index contributed by atoms with van der Waals surface area (Å²) in [5.41, 5.74) is -2.10. The Kier molecular flexibility index (Phi) is 9.05. The molecule has 4 rings (SSSR count). The molecule has 11 nitrogen and oxygen atoms in total. The molecule has 0 aliphatic heterocycles. The Bertz CT molecular complexity index is 1650. The summed E-state index contributed by atoms with van der Waals surface area (Å²) in [5, 5.41) is 30.4. The molecule has 0 unspecified atom stereocenters. The zero-order chi connectivity index (χ0) is 28.9. The number of hydrogen-bond donors (Lipinski definition) is 2. The van der Waals surface area contributed by atoms with E-state index in [1.807, 2.05) is 0 Å². The van der Waals surface area contributed by atoms with Crippen molar-refractivity contribution >= 4 is 27.5 Å². The number of ether oxygens (including phenoxy) is 1. The molecule has 4 aromatic rings. The minimum atomic E-state index is -1.79. The average molecular weight is 558 g/mol. The number of nitriles is 1. The predicted molar refractivity (Wildman–Crippen MR) is 143 cm³/mol. The summed E-state index contributed by atoms with van der Waals surface area (Å²) in [6.45, 7) is 4.40. The SMILES string of the molecule is COc1ccc(F)cc1CCn1c(=O)n(C(C)(C)C(=O)O)c(=O)c2c(C)c(-n3cccn3)sc21.N#CCCO. The van der Waals surface area contributed by atoms with E-state index in [9.17, 15) is 23.9 Å². The van der Waals surface area contributed by atoms with Gasteiger partial charge >= 0.3 is 11.7 Å². The van der Waals surface area contributed by atoms with Crippen molar-refractivity contribution in [1.29, 1.82) is 5.26 Å². The van der Waals surface area contributed by atoms with E-state index < -0.39 is 28.6 Å². The van der Waals surface area contributed by atoms with E-state index >= 15 is 0 Å². The molecule has 0 aliphatic rings. The molecule has 3 heterocycles. The number of fused-ring (bicyclic) bond motifs is 1. The molecule has 0 saturated carbocycles. The number of methoxy groups -OCH3 is 1. The van der Waals surface area contributed by atoms with Crippen LogP contribution in [-0.4, -0.2) is 48.8 Å². The molecule has 0 aliphatic carbocycles. The van der Waals surface area contributed by atoms with Gasteiger partial charge in [-0.1, -0.05) is 11.3 Å². The van der Waals surface area contributed by atoms with Crippen molar-refractivity contribution in [2.75, 3.05) is 13.7 Å². The van der Waals surface area contributed by atoms with Crippen molar-refractivity contribution in [2.45, 2.75) is 45.7 Å². The van der Waals surface area contributed by atoms with Gasteiger partial charge < -0.3 is 14.9 Å². The van der Waals surface area contributed by atoms with Gasteiger partial charge in [-0.2, -0.15) is 10.4 Å². The molecule has 39 heavy (non-hydrogen) atoms. The van der Waals surface area contributed by atoms with Crippen molar-refractivity contribution in [3.63, 3.8) is 0 Å². The normalized spacial score (nSPS) is 11.1. The Balaban J connectivity index is 0.000000771. The van der Waals surface area contributed by atoms with Gasteiger partial charge in [0, 0.05) is 24.5 Å². The molecule has 1 aromatic carbocycles. The third-order valence-corrected chi connectivity index (χ3v) is 7.36. The van der Waals surface area contributed by atoms with Gasteiger partial charge in [0.15, 0.2) is 0 Å². The molecule has 0 radical (unpaired) electrons. The van der Waals surface area contributed by atoms with E-state index in [1.165, 1.54) is 55.1 Å². The van der Waals surface area contributed by atoms with Gasteiger partial charge in [-0.3, -0.25) is 9.36 Å². The van der Waals surface area contributed by atoms with Crippen molar-refractivity contribution in [2.24, 2.45) is 0 Å². The van der Waals surface area contributed by atoms with Crippen molar-refractivity contribution in [1.82, 2.24) is 18.9 Å². The number of hydrogen-bond acceptors (Lipinski definition) is 8. The number of aryl methyl sites for hydroxylation is 3. The van der Waals surface area contributed by atoms with Crippen LogP contribution in [0.2, 0.25) is 0 Å². The van der Waals surface area contributed by atoms with Crippen LogP contribution in [0.3, 0.4) is 0 Å². The van der Waals surface area contributed by atoms with Crippen LogP contribution >= 0.6 is 11.3 Å². The number of nitrogens with zero attached hydrogens (tertiary/aromatic N) is 5. The molecule has 0 fully saturated rings. The summed E-state index contributed by atoms with van der Waals surface area (Å²) in [4.78, 5) is 39.4. The Morgan fingerprint density at radius 2 is 2.03 bits per heavy atom. The lowest BCUT2D eigenvalue weighted by Gasteiger charge is -2.23. The van der Waals surface area contributed by atoms with Crippen LogP contribution in [0.15, 0.2) is 46.2 Å². The van der Waals surface area contributed by atoms with E-state index in [0.29, 0.717) is 26.7 Å². The third kappa shape index (κ3) is 5.76. The Morgan fingerprint density at radius 3 is 2.56 bits per heavy atom. The fraction of sp³-hybridized carbons (Fsp3) is 0.346. The average Bonchev–Trinajstić information content (AvgIpc) is 3.53. The second-order valence-electron chi connectivity index (χ2n) is 8.94. The number of aliphatic carboxylic acids is 1. The van der Waals surface area contributed by atoms with Crippen LogP contribution in [0, 0.1) is 24.1 Å². The number of rotatable bonds is 8. The van der Waals surface area contributed by atoms with Crippen LogP contribution in [0.5, 0.6) is 5.75 Å². The van der Waals surface area contributed by atoms with Gasteiger partial charge in [0.1, 0.15) is 26.9 Å². The molecule has 0 saturated heterocycles. The minimum Gasteiger partial charge on any atom is -0.496 e. The maximum absolute atomic E-state index is 13.9. The van der Waals surface area contributed by atoms with Crippen molar-refractivity contribution in [3.8, 4) is 16.8 Å². The summed E-state index contributed by atoms with van der Waals surface area (Å²) in [6, 6.07) is 7.61. The van der Waals surface area contributed by atoms with E-state index in [4.69, 9.17) is 15.1 Å². The molecule has 0 bridgehead atoms. The van der Waals surface area contributed by atoms with E-state index in [2.05, 4.69) is 5.10 Å². The number of aromatic nitrogens is 4. The smallest absolute Gasteiger partial charge is 0.333 e. The summed E-state index contributed by atoms with van der Waals surface area (Å²) >= 11 is 1.21. The number of thiophene rings is 1. The zero-order valence-corrected chi connectivity index (χ0v) is 22.7. The Hall–Kier alpha value is -4.28. The summed E-state index contributed by atoms with van der Waals surface area (Å²) in [6.07, 6.45) is 3.78. The van der Waals surface area contributed by atoms with Crippen molar-refractivity contribution < 1.29 is 24.1 Å². The summed E-state index contributed by atoms with van der Waals surface area (Å²) in [5.74, 6) is -1.30. The lowest BCUT2D eigenvalue weighted by molar-refractivity contribution is -0.146. The molecule has 0 amide bonds. The maximum atomic E-state index is 13.9. The highest BCUT2D eigenvalue weighted by atomic mass is 32.1. The van der Waals surface area contributed by atoms with E-state index in [1.54, 1.807) is 36.1 Å². The molecule has 2 N–H and O–H groups in total. The standard InChI is InChI=1S/C23H23FN4O5S.C3H5NO/c1-13-17-18(29)28(23(2,3)21(30)31)22(32)26(20(17)34-19(13)27-10-5-9-25-27)11-8-14-12-15(24)6-7-16(14)33-4;4-2-1-3-5/h5-7,9-10,12H,8,11H2,1-4H3,(H,30,31);5H,1,3H2. The van der Waals surface area contributed by atoms with E-state index in [0.717, 1.165) is 4.57 Å². The fourth-order valence-electron chi connectivity index (χ4n) is 3.95. The van der Waals surface area contributed by atoms with Crippen molar-refractivity contribution in [3.05, 3.63) is 74.4 Å².